The highest BCUT2D eigenvalue weighted by atomic mass is 19.1. The molecule has 18 heavy (non-hydrogen) atoms. The highest BCUT2D eigenvalue weighted by Crippen LogP contribution is 2.28. The van der Waals surface area contributed by atoms with E-state index in [4.69, 9.17) is 5.73 Å². The molecule has 2 rings (SSSR count). The molecule has 0 saturated heterocycles. The minimum Gasteiger partial charge on any atom is -0.321 e. The van der Waals surface area contributed by atoms with Crippen molar-refractivity contribution in [3.8, 4) is 0 Å². The third kappa shape index (κ3) is 3.20. The zero-order valence-corrected chi connectivity index (χ0v) is 11.1. The molecule has 98 valence electrons. The molecule has 1 aliphatic rings. The van der Waals surface area contributed by atoms with Crippen LogP contribution in [0.5, 0.6) is 0 Å². The fourth-order valence-electron chi connectivity index (χ4n) is 2.69. The Morgan fingerprint density at radius 2 is 1.94 bits per heavy atom. The summed E-state index contributed by atoms with van der Waals surface area (Å²) in [6.45, 7) is 1.93. The molecule has 0 aromatic heterocycles. The Kier molecular flexibility index (Phi) is 4.54. The number of hydrogen-bond acceptors (Lipinski definition) is 1. The van der Waals surface area contributed by atoms with Gasteiger partial charge in [0.1, 0.15) is 5.82 Å². The third-order valence-electron chi connectivity index (χ3n) is 3.79. The van der Waals surface area contributed by atoms with Crippen molar-refractivity contribution in [1.82, 2.24) is 0 Å². The van der Waals surface area contributed by atoms with E-state index in [0.29, 0.717) is 0 Å². The lowest BCUT2D eigenvalue weighted by atomic mass is 9.89. The average molecular weight is 247 g/mol. The Morgan fingerprint density at radius 3 is 2.72 bits per heavy atom. The summed E-state index contributed by atoms with van der Waals surface area (Å²) in [5, 5.41) is 0. The van der Waals surface area contributed by atoms with Gasteiger partial charge in [0.15, 0.2) is 0 Å². The Bertz CT molecular complexity index is 437. The maximum Gasteiger partial charge on any atom is 0.123 e. The molecule has 1 nitrogen and oxygen atoms in total. The van der Waals surface area contributed by atoms with E-state index < -0.39 is 0 Å². The van der Waals surface area contributed by atoms with Crippen molar-refractivity contribution in [1.29, 1.82) is 0 Å². The standard InChI is InChI=1S/C16H22FN/c1-12-11-14(17)9-10-15(12)16(18)13-7-5-3-2-4-6-8-13/h7,9-11,16H,2-6,8,18H2,1H3/b13-7+. The number of aryl methyl sites for hydroxylation is 1. The zero-order valence-electron chi connectivity index (χ0n) is 11.1. The van der Waals surface area contributed by atoms with Crippen LogP contribution in [0.4, 0.5) is 4.39 Å². The van der Waals surface area contributed by atoms with E-state index in [9.17, 15) is 4.39 Å². The van der Waals surface area contributed by atoms with Gasteiger partial charge < -0.3 is 5.73 Å². The summed E-state index contributed by atoms with van der Waals surface area (Å²) in [7, 11) is 0. The number of rotatable bonds is 2. The summed E-state index contributed by atoms with van der Waals surface area (Å²) >= 11 is 0. The second-order valence-corrected chi connectivity index (χ2v) is 5.21. The van der Waals surface area contributed by atoms with E-state index in [-0.39, 0.29) is 11.9 Å². The molecule has 2 N–H and O–H groups in total. The fourth-order valence-corrected chi connectivity index (χ4v) is 2.69. The molecular formula is C16H22FN. The van der Waals surface area contributed by atoms with Gasteiger partial charge in [0.05, 0.1) is 6.04 Å². The number of hydrogen-bond donors (Lipinski definition) is 1. The molecular weight excluding hydrogens is 225 g/mol. The maximum absolute atomic E-state index is 13.1. The van der Waals surface area contributed by atoms with Crippen molar-refractivity contribution < 1.29 is 4.39 Å². The highest BCUT2D eigenvalue weighted by Gasteiger charge is 2.15. The van der Waals surface area contributed by atoms with Gasteiger partial charge in [-0.2, -0.15) is 0 Å². The molecule has 0 saturated carbocycles. The second kappa shape index (κ2) is 6.14. The van der Waals surface area contributed by atoms with Gasteiger partial charge in [-0.1, -0.05) is 30.6 Å². The van der Waals surface area contributed by atoms with E-state index in [1.807, 2.05) is 13.0 Å². The van der Waals surface area contributed by atoms with Gasteiger partial charge >= 0.3 is 0 Å². The molecule has 0 aliphatic heterocycles. The summed E-state index contributed by atoms with van der Waals surface area (Å²) in [5.74, 6) is -0.185. The van der Waals surface area contributed by atoms with Crippen LogP contribution in [0.2, 0.25) is 0 Å². The smallest absolute Gasteiger partial charge is 0.123 e. The first-order valence-corrected chi connectivity index (χ1v) is 6.89. The Labute approximate surface area is 109 Å². The summed E-state index contributed by atoms with van der Waals surface area (Å²) in [6.07, 6.45) is 9.62. The molecule has 1 aromatic rings. The summed E-state index contributed by atoms with van der Waals surface area (Å²) in [6, 6.07) is 4.84. The third-order valence-corrected chi connectivity index (χ3v) is 3.79. The Balaban J connectivity index is 2.20. The summed E-state index contributed by atoms with van der Waals surface area (Å²) < 4.78 is 13.1. The number of nitrogens with two attached hydrogens (primary N) is 1. The Hall–Kier alpha value is -1.15. The molecule has 0 spiro atoms. The fraction of sp³-hybridized carbons (Fsp3) is 0.500. The quantitative estimate of drug-likeness (QED) is 0.769. The number of benzene rings is 1. The second-order valence-electron chi connectivity index (χ2n) is 5.21. The van der Waals surface area contributed by atoms with Crippen LogP contribution in [-0.2, 0) is 0 Å². The van der Waals surface area contributed by atoms with Crippen LogP contribution in [0.25, 0.3) is 0 Å². The lowest BCUT2D eigenvalue weighted by Crippen LogP contribution is -2.15. The van der Waals surface area contributed by atoms with Crippen molar-refractivity contribution >= 4 is 0 Å². The maximum atomic E-state index is 13.1. The minimum atomic E-state index is -0.185. The predicted molar refractivity (Wildman–Crippen MR) is 73.9 cm³/mol. The first-order valence-electron chi connectivity index (χ1n) is 6.89. The summed E-state index contributed by atoms with van der Waals surface area (Å²) in [5.41, 5.74) is 9.68. The van der Waals surface area contributed by atoms with Gasteiger partial charge in [-0.3, -0.25) is 0 Å². The van der Waals surface area contributed by atoms with Crippen LogP contribution >= 0.6 is 0 Å². The first kappa shape index (κ1) is 13.3. The number of halogens is 1. The predicted octanol–water partition coefficient (Wildman–Crippen LogP) is 4.41. The number of allylic oxidation sites excluding steroid dienone is 1. The van der Waals surface area contributed by atoms with Crippen LogP contribution < -0.4 is 5.73 Å². The SMILES string of the molecule is Cc1cc(F)ccc1C(N)/C1=C/CCCCCC1. The van der Waals surface area contributed by atoms with Crippen LogP contribution in [-0.4, -0.2) is 0 Å². The lowest BCUT2D eigenvalue weighted by molar-refractivity contribution is 0.600. The van der Waals surface area contributed by atoms with Gasteiger partial charge in [-0.05, 0) is 55.9 Å². The molecule has 1 atom stereocenters. The molecule has 0 fully saturated rings. The van der Waals surface area contributed by atoms with Crippen molar-refractivity contribution in [2.45, 2.75) is 51.5 Å². The minimum absolute atomic E-state index is 0.0660. The first-order chi connectivity index (χ1) is 8.68. The molecule has 1 aliphatic carbocycles. The molecule has 1 unspecified atom stereocenters. The lowest BCUT2D eigenvalue weighted by Gasteiger charge is -2.20. The van der Waals surface area contributed by atoms with E-state index in [2.05, 4.69) is 6.08 Å². The van der Waals surface area contributed by atoms with Gasteiger partial charge in [-0.15, -0.1) is 0 Å². The Morgan fingerprint density at radius 1 is 1.17 bits per heavy atom. The monoisotopic (exact) mass is 247 g/mol. The van der Waals surface area contributed by atoms with E-state index >= 15 is 0 Å². The molecule has 1 aromatic carbocycles. The van der Waals surface area contributed by atoms with Crippen molar-refractivity contribution in [2.24, 2.45) is 5.73 Å². The van der Waals surface area contributed by atoms with Gasteiger partial charge in [-0.25, -0.2) is 4.39 Å². The molecule has 0 bridgehead atoms. The van der Waals surface area contributed by atoms with Crippen molar-refractivity contribution in [3.63, 3.8) is 0 Å². The summed E-state index contributed by atoms with van der Waals surface area (Å²) in [4.78, 5) is 0. The average Bonchev–Trinajstić information content (AvgIpc) is 2.27. The largest absolute Gasteiger partial charge is 0.321 e. The van der Waals surface area contributed by atoms with E-state index in [1.165, 1.54) is 37.3 Å². The highest BCUT2D eigenvalue weighted by molar-refractivity contribution is 5.34. The van der Waals surface area contributed by atoms with Crippen LogP contribution in [0.15, 0.2) is 29.8 Å². The van der Waals surface area contributed by atoms with Crippen LogP contribution in [0.3, 0.4) is 0 Å². The zero-order chi connectivity index (χ0) is 13.0. The molecule has 0 amide bonds. The van der Waals surface area contributed by atoms with Gasteiger partial charge in [0.2, 0.25) is 0 Å². The molecule has 2 heteroatoms. The molecule has 0 radical (unpaired) electrons. The van der Waals surface area contributed by atoms with Crippen molar-refractivity contribution in [2.75, 3.05) is 0 Å². The normalized spacial score (nSPS) is 21.6. The van der Waals surface area contributed by atoms with Gasteiger partial charge in [0, 0.05) is 0 Å². The van der Waals surface area contributed by atoms with Crippen molar-refractivity contribution in [3.05, 3.63) is 46.8 Å². The van der Waals surface area contributed by atoms with E-state index in [0.717, 1.165) is 24.0 Å². The van der Waals surface area contributed by atoms with E-state index in [1.54, 1.807) is 6.07 Å². The van der Waals surface area contributed by atoms with Crippen LogP contribution in [0, 0.1) is 12.7 Å². The topological polar surface area (TPSA) is 26.0 Å². The van der Waals surface area contributed by atoms with Gasteiger partial charge in [0.25, 0.3) is 0 Å². The molecule has 0 heterocycles. The van der Waals surface area contributed by atoms with Crippen LogP contribution in [0.1, 0.15) is 55.7 Å².